The molecular weight excluding hydrogens is 326 g/mol. The number of ether oxygens (including phenoxy) is 1. The van der Waals surface area contributed by atoms with Crippen molar-refractivity contribution in [1.82, 2.24) is 10.3 Å². The van der Waals surface area contributed by atoms with Crippen molar-refractivity contribution < 1.29 is 9.53 Å². The van der Waals surface area contributed by atoms with Crippen LogP contribution in [0.2, 0.25) is 0 Å². The quantitative estimate of drug-likeness (QED) is 0.580. The lowest BCUT2D eigenvalue weighted by Gasteiger charge is -2.12. The number of hydrogen-bond donors (Lipinski definition) is 3. The van der Waals surface area contributed by atoms with Crippen molar-refractivity contribution in [2.45, 2.75) is 19.8 Å². The zero-order chi connectivity index (χ0) is 18.4. The number of H-pyrrole nitrogens is 1. The van der Waals surface area contributed by atoms with E-state index >= 15 is 0 Å². The fourth-order valence-electron chi connectivity index (χ4n) is 3.03. The molecule has 3 N–H and O–H groups in total. The van der Waals surface area contributed by atoms with Gasteiger partial charge >= 0.3 is 0 Å². The second-order valence-electron chi connectivity index (χ2n) is 6.34. The second-order valence-corrected chi connectivity index (χ2v) is 6.34. The van der Waals surface area contributed by atoms with Crippen LogP contribution in [0.25, 0.3) is 10.9 Å². The van der Waals surface area contributed by atoms with E-state index in [1.807, 2.05) is 43.5 Å². The molecule has 0 atom stereocenters. The predicted octanol–water partition coefficient (Wildman–Crippen LogP) is 3.65. The third-order valence-electron chi connectivity index (χ3n) is 4.41. The molecule has 0 saturated heterocycles. The maximum atomic E-state index is 12.1. The number of amides is 1. The first kappa shape index (κ1) is 17.9. The minimum atomic E-state index is 0.0453. The van der Waals surface area contributed by atoms with Crippen LogP contribution in [0.1, 0.15) is 17.5 Å². The highest BCUT2D eigenvalue weighted by Gasteiger charge is 2.06. The number of carbonyl (C=O) groups is 1. The molecule has 0 aliphatic carbocycles. The number of para-hydroxylation sites is 1. The van der Waals surface area contributed by atoms with Gasteiger partial charge in [0.25, 0.3) is 0 Å². The third kappa shape index (κ3) is 4.36. The van der Waals surface area contributed by atoms with Crippen molar-refractivity contribution in [2.24, 2.45) is 0 Å². The summed E-state index contributed by atoms with van der Waals surface area (Å²) in [5.74, 6) is 0.833. The normalized spacial score (nSPS) is 10.7. The van der Waals surface area contributed by atoms with E-state index in [0.717, 1.165) is 28.9 Å². The van der Waals surface area contributed by atoms with Gasteiger partial charge in [-0.1, -0.05) is 24.3 Å². The van der Waals surface area contributed by atoms with E-state index in [-0.39, 0.29) is 5.91 Å². The van der Waals surface area contributed by atoms with Crippen LogP contribution in [0.15, 0.2) is 48.7 Å². The average Bonchev–Trinajstić information content (AvgIpc) is 3.05. The van der Waals surface area contributed by atoms with Crippen molar-refractivity contribution in [3.05, 3.63) is 59.8 Å². The first-order valence-corrected chi connectivity index (χ1v) is 8.87. The van der Waals surface area contributed by atoms with Crippen molar-refractivity contribution in [1.29, 1.82) is 0 Å². The first-order chi connectivity index (χ1) is 12.7. The lowest BCUT2D eigenvalue weighted by molar-refractivity contribution is -0.120. The number of nitrogens with one attached hydrogen (secondary N) is 3. The zero-order valence-corrected chi connectivity index (χ0v) is 15.3. The van der Waals surface area contributed by atoms with Crippen LogP contribution in [0.5, 0.6) is 5.75 Å². The Kier molecular flexibility index (Phi) is 5.79. The Morgan fingerprint density at radius 1 is 1.15 bits per heavy atom. The van der Waals surface area contributed by atoms with Gasteiger partial charge in [0.1, 0.15) is 5.75 Å². The van der Waals surface area contributed by atoms with Crippen LogP contribution < -0.4 is 15.4 Å². The van der Waals surface area contributed by atoms with Crippen molar-refractivity contribution in [2.75, 3.05) is 25.5 Å². The fraction of sp³-hybridized carbons (Fsp3) is 0.286. The molecule has 5 heteroatoms. The molecule has 2 aromatic carbocycles. The number of hydrogen-bond acceptors (Lipinski definition) is 3. The number of benzene rings is 2. The Hall–Kier alpha value is -2.95. The molecular formula is C21H25N3O2. The summed E-state index contributed by atoms with van der Waals surface area (Å²) in [7, 11) is 1.65. The van der Waals surface area contributed by atoms with Crippen LogP contribution in [0, 0.1) is 6.92 Å². The van der Waals surface area contributed by atoms with E-state index in [0.29, 0.717) is 19.5 Å². The highest BCUT2D eigenvalue weighted by atomic mass is 16.5. The van der Waals surface area contributed by atoms with Gasteiger partial charge in [-0.2, -0.15) is 0 Å². The van der Waals surface area contributed by atoms with E-state index in [1.165, 1.54) is 10.9 Å². The van der Waals surface area contributed by atoms with Gasteiger partial charge in [0.2, 0.25) is 5.91 Å². The molecule has 0 fully saturated rings. The van der Waals surface area contributed by atoms with Gasteiger partial charge in [-0.25, -0.2) is 0 Å². The maximum absolute atomic E-state index is 12.1. The molecule has 0 saturated carbocycles. The average molecular weight is 351 g/mol. The number of aryl methyl sites for hydroxylation is 1. The number of carbonyl (C=O) groups excluding carboxylic acids is 1. The van der Waals surface area contributed by atoms with Gasteiger partial charge in [-0.15, -0.1) is 0 Å². The van der Waals surface area contributed by atoms with Gasteiger partial charge in [0, 0.05) is 36.6 Å². The largest absolute Gasteiger partial charge is 0.495 e. The molecule has 0 bridgehead atoms. The summed E-state index contributed by atoms with van der Waals surface area (Å²) in [6, 6.07) is 14.2. The summed E-state index contributed by atoms with van der Waals surface area (Å²) in [5, 5.41) is 7.48. The summed E-state index contributed by atoms with van der Waals surface area (Å²) >= 11 is 0. The standard InChI is InChI=1S/C21H25N3O2/c1-15-7-8-20(26-2)19(13-15)22-12-10-21(25)23-11-9-16-14-24-18-6-4-3-5-17(16)18/h3-8,13-14,22,24H,9-12H2,1-2H3,(H,23,25). The molecule has 0 aliphatic rings. The summed E-state index contributed by atoms with van der Waals surface area (Å²) < 4.78 is 5.33. The number of fused-ring (bicyclic) bond motifs is 1. The number of anilines is 1. The van der Waals surface area contributed by atoms with Crippen molar-refractivity contribution >= 4 is 22.5 Å². The molecule has 0 unspecified atom stereocenters. The molecule has 0 radical (unpaired) electrons. The predicted molar refractivity (Wildman–Crippen MR) is 106 cm³/mol. The van der Waals surface area contributed by atoms with E-state index in [9.17, 15) is 4.79 Å². The van der Waals surface area contributed by atoms with Crippen LogP contribution in [-0.4, -0.2) is 31.1 Å². The summed E-state index contributed by atoms with van der Waals surface area (Å²) in [6.45, 7) is 3.23. The van der Waals surface area contributed by atoms with Crippen LogP contribution in [0.4, 0.5) is 5.69 Å². The number of aromatic nitrogens is 1. The maximum Gasteiger partial charge on any atom is 0.221 e. The second kappa shape index (κ2) is 8.43. The molecule has 136 valence electrons. The van der Waals surface area contributed by atoms with Gasteiger partial charge in [-0.3, -0.25) is 4.79 Å². The van der Waals surface area contributed by atoms with Crippen LogP contribution in [-0.2, 0) is 11.2 Å². The van der Waals surface area contributed by atoms with Crippen LogP contribution >= 0.6 is 0 Å². The number of methoxy groups -OCH3 is 1. The Morgan fingerprint density at radius 2 is 2.00 bits per heavy atom. The molecule has 1 aromatic heterocycles. The number of aromatic amines is 1. The summed E-state index contributed by atoms with van der Waals surface area (Å²) in [4.78, 5) is 15.3. The van der Waals surface area contributed by atoms with Gasteiger partial charge in [-0.05, 0) is 42.7 Å². The van der Waals surface area contributed by atoms with Gasteiger partial charge < -0.3 is 20.4 Å². The minimum Gasteiger partial charge on any atom is -0.495 e. The van der Waals surface area contributed by atoms with E-state index in [1.54, 1.807) is 7.11 Å². The Bertz CT molecular complexity index is 886. The topological polar surface area (TPSA) is 66.2 Å². The number of rotatable bonds is 8. The lowest BCUT2D eigenvalue weighted by Crippen LogP contribution is -2.27. The molecule has 0 spiro atoms. The molecule has 26 heavy (non-hydrogen) atoms. The zero-order valence-electron chi connectivity index (χ0n) is 15.3. The lowest BCUT2D eigenvalue weighted by atomic mass is 10.1. The third-order valence-corrected chi connectivity index (χ3v) is 4.41. The smallest absolute Gasteiger partial charge is 0.221 e. The summed E-state index contributed by atoms with van der Waals surface area (Å²) in [6.07, 6.45) is 3.25. The minimum absolute atomic E-state index is 0.0453. The van der Waals surface area contributed by atoms with E-state index in [2.05, 4.69) is 27.8 Å². The van der Waals surface area contributed by atoms with Gasteiger partial charge in [0.15, 0.2) is 0 Å². The van der Waals surface area contributed by atoms with E-state index < -0.39 is 0 Å². The molecule has 1 heterocycles. The first-order valence-electron chi connectivity index (χ1n) is 8.87. The van der Waals surface area contributed by atoms with E-state index in [4.69, 9.17) is 4.74 Å². The highest BCUT2D eigenvalue weighted by Crippen LogP contribution is 2.25. The van der Waals surface area contributed by atoms with Crippen molar-refractivity contribution in [3.8, 4) is 5.75 Å². The Labute approximate surface area is 153 Å². The fourth-order valence-corrected chi connectivity index (χ4v) is 3.03. The molecule has 3 rings (SSSR count). The van der Waals surface area contributed by atoms with Crippen molar-refractivity contribution in [3.63, 3.8) is 0 Å². The Morgan fingerprint density at radius 3 is 2.85 bits per heavy atom. The molecule has 1 amide bonds. The van der Waals surface area contributed by atoms with Crippen LogP contribution in [0.3, 0.4) is 0 Å². The Balaban J connectivity index is 1.43. The summed E-state index contributed by atoms with van der Waals surface area (Å²) in [5.41, 5.74) is 4.42. The van der Waals surface area contributed by atoms with Gasteiger partial charge in [0.05, 0.1) is 12.8 Å². The highest BCUT2D eigenvalue weighted by molar-refractivity contribution is 5.83. The molecule has 0 aliphatic heterocycles. The molecule has 5 nitrogen and oxygen atoms in total. The molecule has 3 aromatic rings. The SMILES string of the molecule is COc1ccc(C)cc1NCCC(=O)NCCc1c[nH]c2ccccc12. The monoisotopic (exact) mass is 351 g/mol.